The summed E-state index contributed by atoms with van der Waals surface area (Å²) < 4.78 is 0. The number of hydrogen-bond acceptors (Lipinski definition) is 0. The van der Waals surface area contributed by atoms with Crippen LogP contribution in [0.25, 0.3) is 0 Å². The summed E-state index contributed by atoms with van der Waals surface area (Å²) >= 11 is 0. The molecular weight excluding hydrogens is 101 g/mol. The maximum absolute atomic E-state index is 0. The molecule has 0 rings (SSSR count). The van der Waals surface area contributed by atoms with Gasteiger partial charge in [-0.3, -0.25) is 0 Å². The third kappa shape index (κ3) is 9.02. The van der Waals surface area contributed by atoms with E-state index in [9.17, 15) is 0 Å². The zero-order valence-corrected chi connectivity index (χ0v) is 10.2. The first kappa shape index (κ1) is 26.4. The fourth-order valence-corrected chi connectivity index (χ4v) is 0. The zero-order valence-electron chi connectivity index (χ0n) is 3.41. The molecule has 0 aliphatic heterocycles. The summed E-state index contributed by atoms with van der Waals surface area (Å²) in [4.78, 5) is 0. The van der Waals surface area contributed by atoms with Crippen molar-refractivity contribution in [2.24, 2.45) is 0 Å². The van der Waals surface area contributed by atoms with Crippen molar-refractivity contribution in [3.8, 4) is 0 Å². The van der Waals surface area contributed by atoms with Crippen LogP contribution in [0.2, 0.25) is 0 Å². The van der Waals surface area contributed by atoms with Gasteiger partial charge < -0.3 is 13.5 Å². The van der Waals surface area contributed by atoms with E-state index in [4.69, 9.17) is 0 Å². The third-order valence-electron chi connectivity index (χ3n) is 0. The Balaban J connectivity index is 0. The van der Waals surface area contributed by atoms with E-state index >= 15 is 0 Å². The molecule has 0 fully saturated rings. The quantitative estimate of drug-likeness (QED) is 0.267. The molecule has 0 aliphatic rings. The molecule has 0 aromatic carbocycles. The summed E-state index contributed by atoms with van der Waals surface area (Å²) in [5.41, 5.74) is 0. The Morgan fingerprint density at radius 3 is 0.750 bits per heavy atom. The van der Waals surface area contributed by atoms with Crippen molar-refractivity contribution < 1.29 is 90.1 Å². The first-order valence-electron chi connectivity index (χ1n) is 0. The van der Waals surface area contributed by atoms with Crippen LogP contribution in [0.5, 0.6) is 0 Å². The molecule has 0 spiro atoms. The van der Waals surface area contributed by atoms with Crippen molar-refractivity contribution in [1.82, 2.24) is 0 Å². The molecule has 4 heavy (non-hydrogen) atoms. The maximum Gasteiger partial charge on any atom is 1.00 e. The molecular formula is H2Na3S+. The third-order valence-corrected chi connectivity index (χ3v) is 0. The topological polar surface area (TPSA) is 0 Å². The van der Waals surface area contributed by atoms with E-state index in [2.05, 4.69) is 0 Å². The van der Waals surface area contributed by atoms with Gasteiger partial charge in [-0.05, 0) is 0 Å². The Bertz CT molecular complexity index is 6.85. The summed E-state index contributed by atoms with van der Waals surface area (Å²) in [7, 11) is 0. The van der Waals surface area contributed by atoms with E-state index in [1.165, 1.54) is 0 Å². The fourth-order valence-electron chi connectivity index (χ4n) is 0. The molecule has 0 amide bonds. The van der Waals surface area contributed by atoms with Gasteiger partial charge in [-0.25, -0.2) is 0 Å². The van der Waals surface area contributed by atoms with Crippen LogP contribution in [-0.2, 0) is 13.5 Å². The minimum Gasteiger partial charge on any atom is -2.00 e. The molecule has 0 unspecified atom stereocenters. The van der Waals surface area contributed by atoms with Crippen LogP contribution in [0.1, 0.15) is 1.43 Å². The summed E-state index contributed by atoms with van der Waals surface area (Å²) in [5.74, 6) is 0. The first-order valence-corrected chi connectivity index (χ1v) is 0. The van der Waals surface area contributed by atoms with Crippen molar-refractivity contribution in [3.63, 3.8) is 0 Å². The number of rotatable bonds is 0. The van der Waals surface area contributed by atoms with Gasteiger partial charge in [-0.1, -0.05) is 0 Å². The van der Waals surface area contributed by atoms with Gasteiger partial charge in [0.25, 0.3) is 0 Å². The van der Waals surface area contributed by atoms with Gasteiger partial charge in [-0.15, -0.1) is 0 Å². The molecule has 0 radical (unpaired) electrons. The molecule has 0 aliphatic carbocycles. The summed E-state index contributed by atoms with van der Waals surface area (Å²) in [5, 5.41) is 0. The summed E-state index contributed by atoms with van der Waals surface area (Å²) in [6, 6.07) is 0. The molecule has 4 heteroatoms. The van der Waals surface area contributed by atoms with E-state index in [-0.39, 0.29) is 104 Å². The molecule has 0 nitrogen and oxygen atoms in total. The summed E-state index contributed by atoms with van der Waals surface area (Å²) in [6.07, 6.45) is 0. The minimum absolute atomic E-state index is 0. The average molecular weight is 103 g/mol. The SMILES string of the molecule is [HH].[Na+].[Na+].[Na+].[S-2]. The predicted octanol–water partition coefficient (Wildman–Crippen LogP) is -8.74. The van der Waals surface area contributed by atoms with Gasteiger partial charge >= 0.3 is 88.7 Å². The van der Waals surface area contributed by atoms with Crippen molar-refractivity contribution in [1.29, 1.82) is 0 Å². The molecule has 0 bridgehead atoms. The van der Waals surface area contributed by atoms with Crippen LogP contribution in [-0.4, -0.2) is 0 Å². The maximum atomic E-state index is 0. The first-order chi connectivity index (χ1) is 0. The molecule has 0 N–H and O–H groups in total. The van der Waals surface area contributed by atoms with E-state index in [1.54, 1.807) is 0 Å². The van der Waals surface area contributed by atoms with Gasteiger partial charge in [0.15, 0.2) is 0 Å². The van der Waals surface area contributed by atoms with E-state index in [0.29, 0.717) is 0 Å². The van der Waals surface area contributed by atoms with Crippen molar-refractivity contribution in [3.05, 3.63) is 0 Å². The predicted molar refractivity (Wildman–Crippen MR) is 9.48 cm³/mol. The standard InChI is InChI=1S/3Na.S.H2/h;;;;1H/q3*+1;-2;. The second kappa shape index (κ2) is 16.2. The largest absolute Gasteiger partial charge is 2.00 e. The Morgan fingerprint density at radius 2 is 0.750 bits per heavy atom. The second-order valence-corrected chi connectivity index (χ2v) is 0. The molecule has 10 valence electrons. The van der Waals surface area contributed by atoms with E-state index < -0.39 is 0 Å². The van der Waals surface area contributed by atoms with Gasteiger partial charge in [0.1, 0.15) is 0 Å². The van der Waals surface area contributed by atoms with Crippen LogP contribution in [0.15, 0.2) is 0 Å². The van der Waals surface area contributed by atoms with Gasteiger partial charge in [0, 0.05) is 1.43 Å². The average Bonchev–Trinajstić information content (AvgIpc) is 0. The van der Waals surface area contributed by atoms with Crippen LogP contribution < -0.4 is 88.7 Å². The van der Waals surface area contributed by atoms with Crippen LogP contribution in [0.4, 0.5) is 0 Å². The van der Waals surface area contributed by atoms with Crippen LogP contribution in [0.3, 0.4) is 0 Å². The fraction of sp³-hybridized carbons (Fsp3) is 0. The second-order valence-electron chi connectivity index (χ2n) is 0. The number of hydrogen-bond donors (Lipinski definition) is 0. The van der Waals surface area contributed by atoms with E-state index in [1.807, 2.05) is 0 Å². The molecule has 0 saturated heterocycles. The Kier molecular flexibility index (Phi) is 107. The van der Waals surface area contributed by atoms with Gasteiger partial charge in [0.05, 0.1) is 0 Å². The van der Waals surface area contributed by atoms with Gasteiger partial charge in [-0.2, -0.15) is 0 Å². The Hall–Kier alpha value is 3.35. The Morgan fingerprint density at radius 1 is 0.750 bits per heavy atom. The van der Waals surface area contributed by atoms with Gasteiger partial charge in [0.2, 0.25) is 0 Å². The smallest absolute Gasteiger partial charge is 1.00 e. The van der Waals surface area contributed by atoms with Crippen LogP contribution >= 0.6 is 0 Å². The van der Waals surface area contributed by atoms with Crippen molar-refractivity contribution in [2.75, 3.05) is 0 Å². The Labute approximate surface area is 101 Å². The van der Waals surface area contributed by atoms with Crippen LogP contribution in [0, 0.1) is 0 Å². The van der Waals surface area contributed by atoms with Crippen molar-refractivity contribution >= 4 is 13.5 Å². The summed E-state index contributed by atoms with van der Waals surface area (Å²) in [6.45, 7) is 0. The van der Waals surface area contributed by atoms with E-state index in [0.717, 1.165) is 0 Å². The molecule has 0 aromatic rings. The normalized spacial score (nSPS) is 0. The monoisotopic (exact) mass is 103 g/mol. The molecule has 0 aromatic heterocycles. The minimum atomic E-state index is 0. The molecule has 0 atom stereocenters. The zero-order chi connectivity index (χ0) is 0. The van der Waals surface area contributed by atoms with Crippen molar-refractivity contribution in [2.45, 2.75) is 0 Å². The molecule has 0 heterocycles. The molecule has 0 saturated carbocycles.